The molecule has 114 valence electrons. The molecular weight excluding hydrogens is 244 g/mol. The first-order valence-electron chi connectivity index (χ1n) is 9.34. The standard InChI is InChI=1S/C18H32N2/c1-3-15(4-1)11-19-17-10-16(9-14-7-8-14)12-20(13-17)18-5-2-6-18/h14-19H,1-13H2. The molecular formula is C18H32N2. The molecule has 0 amide bonds. The molecule has 0 spiro atoms. The average molecular weight is 276 g/mol. The van der Waals surface area contributed by atoms with Crippen LogP contribution >= 0.6 is 0 Å². The van der Waals surface area contributed by atoms with Crippen molar-refractivity contribution in [3.63, 3.8) is 0 Å². The molecule has 0 radical (unpaired) electrons. The third kappa shape index (κ3) is 3.22. The molecule has 0 aromatic carbocycles. The quantitative estimate of drug-likeness (QED) is 0.799. The lowest BCUT2D eigenvalue weighted by Gasteiger charge is -2.46. The van der Waals surface area contributed by atoms with Crippen LogP contribution in [-0.4, -0.2) is 36.6 Å². The summed E-state index contributed by atoms with van der Waals surface area (Å²) in [6, 6.07) is 1.75. The van der Waals surface area contributed by atoms with Crippen LogP contribution in [0, 0.1) is 17.8 Å². The average Bonchev–Trinajstić information content (AvgIpc) is 3.08. The van der Waals surface area contributed by atoms with Crippen LogP contribution in [-0.2, 0) is 0 Å². The van der Waals surface area contributed by atoms with Crippen LogP contribution in [0.25, 0.3) is 0 Å². The molecule has 0 bridgehead atoms. The molecule has 1 N–H and O–H groups in total. The van der Waals surface area contributed by atoms with Crippen molar-refractivity contribution in [3.8, 4) is 0 Å². The Balaban J connectivity index is 1.30. The minimum atomic E-state index is 0.800. The fourth-order valence-corrected chi connectivity index (χ4v) is 4.46. The molecule has 0 aromatic rings. The second-order valence-electron chi connectivity index (χ2n) is 8.22. The van der Waals surface area contributed by atoms with Gasteiger partial charge in [0.2, 0.25) is 0 Å². The second-order valence-corrected chi connectivity index (χ2v) is 8.22. The van der Waals surface area contributed by atoms with Crippen LogP contribution in [0.2, 0.25) is 0 Å². The van der Waals surface area contributed by atoms with Gasteiger partial charge in [-0.25, -0.2) is 0 Å². The van der Waals surface area contributed by atoms with Crippen molar-refractivity contribution in [2.75, 3.05) is 19.6 Å². The van der Waals surface area contributed by atoms with Gasteiger partial charge in [-0.1, -0.05) is 25.7 Å². The third-order valence-corrected chi connectivity index (χ3v) is 6.44. The van der Waals surface area contributed by atoms with Crippen LogP contribution in [0.3, 0.4) is 0 Å². The fourth-order valence-electron chi connectivity index (χ4n) is 4.46. The number of nitrogens with zero attached hydrogens (tertiary/aromatic N) is 1. The van der Waals surface area contributed by atoms with Gasteiger partial charge >= 0.3 is 0 Å². The van der Waals surface area contributed by atoms with Gasteiger partial charge in [-0.2, -0.15) is 0 Å². The van der Waals surface area contributed by atoms with Gasteiger partial charge in [-0.15, -0.1) is 0 Å². The monoisotopic (exact) mass is 276 g/mol. The zero-order valence-corrected chi connectivity index (χ0v) is 13.0. The van der Waals surface area contributed by atoms with Gasteiger partial charge in [0.15, 0.2) is 0 Å². The Morgan fingerprint density at radius 3 is 2.20 bits per heavy atom. The van der Waals surface area contributed by atoms with Crippen molar-refractivity contribution in [2.45, 2.75) is 76.3 Å². The number of hydrogen-bond acceptors (Lipinski definition) is 2. The Kier molecular flexibility index (Phi) is 4.05. The Hall–Kier alpha value is -0.0800. The molecule has 0 aromatic heterocycles. The summed E-state index contributed by atoms with van der Waals surface area (Å²) in [7, 11) is 0. The lowest BCUT2D eigenvalue weighted by Crippen LogP contribution is -2.55. The molecule has 2 unspecified atom stereocenters. The fraction of sp³-hybridized carbons (Fsp3) is 1.00. The number of rotatable bonds is 6. The summed E-state index contributed by atoms with van der Waals surface area (Å²) in [6.45, 7) is 4.07. The molecule has 3 saturated carbocycles. The summed E-state index contributed by atoms with van der Waals surface area (Å²) in [4.78, 5) is 2.86. The Bertz CT molecular complexity index is 317. The van der Waals surface area contributed by atoms with Gasteiger partial charge in [0.25, 0.3) is 0 Å². The van der Waals surface area contributed by atoms with Crippen LogP contribution < -0.4 is 5.32 Å². The molecule has 4 aliphatic rings. The summed E-state index contributed by atoms with van der Waals surface area (Å²) in [5, 5.41) is 3.94. The molecule has 20 heavy (non-hydrogen) atoms. The molecule has 4 fully saturated rings. The number of hydrogen-bond donors (Lipinski definition) is 1. The minimum absolute atomic E-state index is 0.800. The van der Waals surface area contributed by atoms with Crippen molar-refractivity contribution in [1.82, 2.24) is 10.2 Å². The van der Waals surface area contributed by atoms with E-state index in [1.165, 1.54) is 83.8 Å². The minimum Gasteiger partial charge on any atom is -0.312 e. The highest BCUT2D eigenvalue weighted by molar-refractivity contribution is 4.92. The van der Waals surface area contributed by atoms with Crippen molar-refractivity contribution < 1.29 is 0 Å². The largest absolute Gasteiger partial charge is 0.312 e. The van der Waals surface area contributed by atoms with E-state index in [0.717, 1.165) is 29.8 Å². The van der Waals surface area contributed by atoms with E-state index in [2.05, 4.69) is 10.2 Å². The number of piperidine rings is 1. The van der Waals surface area contributed by atoms with Gasteiger partial charge in [0.05, 0.1) is 0 Å². The van der Waals surface area contributed by atoms with E-state index in [-0.39, 0.29) is 0 Å². The van der Waals surface area contributed by atoms with E-state index in [0.29, 0.717) is 0 Å². The smallest absolute Gasteiger partial charge is 0.0198 e. The second kappa shape index (κ2) is 5.96. The maximum atomic E-state index is 3.94. The van der Waals surface area contributed by atoms with Gasteiger partial charge < -0.3 is 5.32 Å². The number of likely N-dealkylation sites (tertiary alicyclic amines) is 1. The summed E-state index contributed by atoms with van der Waals surface area (Å²) in [5.74, 6) is 3.11. The Morgan fingerprint density at radius 1 is 0.800 bits per heavy atom. The summed E-state index contributed by atoms with van der Waals surface area (Å²) >= 11 is 0. The maximum Gasteiger partial charge on any atom is 0.0198 e. The predicted octanol–water partition coefficient (Wildman–Crippen LogP) is 3.42. The zero-order valence-electron chi connectivity index (χ0n) is 13.0. The van der Waals surface area contributed by atoms with Gasteiger partial charge in [0, 0.05) is 25.2 Å². The molecule has 1 heterocycles. The summed E-state index contributed by atoms with van der Waals surface area (Å²) < 4.78 is 0. The zero-order chi connectivity index (χ0) is 13.4. The third-order valence-electron chi connectivity index (χ3n) is 6.44. The van der Waals surface area contributed by atoms with Crippen molar-refractivity contribution in [2.24, 2.45) is 17.8 Å². The molecule has 4 rings (SSSR count). The highest BCUT2D eigenvalue weighted by Crippen LogP contribution is 2.39. The van der Waals surface area contributed by atoms with Crippen LogP contribution in [0.5, 0.6) is 0 Å². The van der Waals surface area contributed by atoms with Gasteiger partial charge in [-0.05, 0) is 62.8 Å². The van der Waals surface area contributed by atoms with Crippen molar-refractivity contribution in [1.29, 1.82) is 0 Å². The first-order valence-corrected chi connectivity index (χ1v) is 9.34. The van der Waals surface area contributed by atoms with E-state index >= 15 is 0 Å². The molecule has 2 nitrogen and oxygen atoms in total. The molecule has 1 saturated heterocycles. The van der Waals surface area contributed by atoms with Gasteiger partial charge in [0.1, 0.15) is 0 Å². The maximum absolute atomic E-state index is 3.94. The van der Waals surface area contributed by atoms with E-state index < -0.39 is 0 Å². The van der Waals surface area contributed by atoms with E-state index in [1.54, 1.807) is 0 Å². The molecule has 2 heteroatoms. The highest BCUT2D eigenvalue weighted by atomic mass is 15.2. The lowest BCUT2D eigenvalue weighted by molar-refractivity contribution is 0.0526. The highest BCUT2D eigenvalue weighted by Gasteiger charge is 2.36. The topological polar surface area (TPSA) is 15.3 Å². The Morgan fingerprint density at radius 2 is 1.60 bits per heavy atom. The van der Waals surface area contributed by atoms with Crippen LogP contribution in [0.1, 0.15) is 64.2 Å². The molecule has 1 aliphatic heterocycles. The van der Waals surface area contributed by atoms with Crippen LogP contribution in [0.15, 0.2) is 0 Å². The molecule has 2 atom stereocenters. The SMILES string of the molecule is C1CC(CNC2CC(CC3CC3)CN(C3CCC3)C2)C1. The Labute approximate surface area is 124 Å². The van der Waals surface area contributed by atoms with E-state index in [4.69, 9.17) is 0 Å². The summed E-state index contributed by atoms with van der Waals surface area (Å²) in [6.07, 6.45) is 14.9. The van der Waals surface area contributed by atoms with E-state index in [1.807, 2.05) is 0 Å². The lowest BCUT2D eigenvalue weighted by atomic mass is 9.83. The van der Waals surface area contributed by atoms with Crippen molar-refractivity contribution >= 4 is 0 Å². The van der Waals surface area contributed by atoms with Gasteiger partial charge in [-0.3, -0.25) is 4.90 Å². The van der Waals surface area contributed by atoms with Crippen LogP contribution in [0.4, 0.5) is 0 Å². The normalized spacial score (nSPS) is 36.6. The molecule has 3 aliphatic carbocycles. The first-order chi connectivity index (χ1) is 9.87. The summed E-state index contributed by atoms with van der Waals surface area (Å²) in [5.41, 5.74) is 0. The predicted molar refractivity (Wildman–Crippen MR) is 83.8 cm³/mol. The van der Waals surface area contributed by atoms with E-state index in [9.17, 15) is 0 Å². The first kappa shape index (κ1) is 13.6. The van der Waals surface area contributed by atoms with Crippen molar-refractivity contribution in [3.05, 3.63) is 0 Å². The number of nitrogens with one attached hydrogen (secondary N) is 1.